The maximum atomic E-state index is 11.1. The molecule has 0 aliphatic heterocycles. The van der Waals surface area contributed by atoms with Gasteiger partial charge in [0.2, 0.25) is 0 Å². The number of hydrogen-bond donors (Lipinski definition) is 0. The minimum Gasteiger partial charge on any atom is -0.298 e. The summed E-state index contributed by atoms with van der Waals surface area (Å²) in [6.07, 6.45) is 3.21. The summed E-state index contributed by atoms with van der Waals surface area (Å²) in [7, 11) is 0. The van der Waals surface area contributed by atoms with E-state index in [4.69, 9.17) is 0 Å². The van der Waals surface area contributed by atoms with Crippen LogP contribution in [0.2, 0.25) is 0 Å². The van der Waals surface area contributed by atoms with Gasteiger partial charge in [0.1, 0.15) is 0 Å². The van der Waals surface area contributed by atoms with Crippen molar-refractivity contribution in [2.75, 3.05) is 0 Å². The minimum atomic E-state index is -0.358. The molecule has 0 heterocycles. The first kappa shape index (κ1) is 10.1. The molecule has 0 radical (unpaired) electrons. The van der Waals surface area contributed by atoms with Crippen molar-refractivity contribution < 1.29 is 9.59 Å². The summed E-state index contributed by atoms with van der Waals surface area (Å²) < 4.78 is 0. The molecule has 14 heavy (non-hydrogen) atoms. The molecular formula is C12H10O2. The smallest absolute Gasteiger partial charge is 0.188 e. The van der Waals surface area contributed by atoms with Crippen LogP contribution in [0.25, 0.3) is 6.08 Å². The molecule has 0 aliphatic carbocycles. The lowest BCUT2D eigenvalue weighted by atomic mass is 10.1. The van der Waals surface area contributed by atoms with Crippen molar-refractivity contribution in [3.63, 3.8) is 0 Å². The Balaban J connectivity index is 3.01. The third kappa shape index (κ3) is 2.52. The maximum Gasteiger partial charge on any atom is 0.188 e. The average molecular weight is 186 g/mol. The molecule has 0 saturated carbocycles. The van der Waals surface area contributed by atoms with Gasteiger partial charge in [-0.2, -0.15) is 0 Å². The van der Waals surface area contributed by atoms with E-state index in [1.165, 1.54) is 6.08 Å². The fourth-order valence-electron chi connectivity index (χ4n) is 1.01. The number of carbonyl (C=O) groups excluding carboxylic acids is 2. The Labute approximate surface area is 82.6 Å². The molecule has 2 heteroatoms. The quantitative estimate of drug-likeness (QED) is 0.312. The topological polar surface area (TPSA) is 34.1 Å². The maximum absolute atomic E-state index is 11.1. The molecule has 0 N–H and O–H groups in total. The van der Waals surface area contributed by atoms with E-state index in [0.29, 0.717) is 6.29 Å². The van der Waals surface area contributed by atoms with E-state index in [9.17, 15) is 9.59 Å². The average Bonchev–Trinajstić information content (AvgIpc) is 2.26. The second-order valence-electron chi connectivity index (χ2n) is 2.70. The SMILES string of the molecule is C=CC(=O)C(C=O)=Cc1ccccc1. The fourth-order valence-corrected chi connectivity index (χ4v) is 1.01. The summed E-state index contributed by atoms with van der Waals surface area (Å²) in [6, 6.07) is 9.19. The summed E-state index contributed by atoms with van der Waals surface area (Å²) in [4.78, 5) is 21.7. The van der Waals surface area contributed by atoms with Crippen molar-refractivity contribution in [3.8, 4) is 0 Å². The van der Waals surface area contributed by atoms with Crippen LogP contribution in [-0.4, -0.2) is 12.1 Å². The predicted molar refractivity (Wildman–Crippen MR) is 55.7 cm³/mol. The zero-order valence-corrected chi connectivity index (χ0v) is 7.64. The Morgan fingerprint density at radius 3 is 2.36 bits per heavy atom. The van der Waals surface area contributed by atoms with E-state index < -0.39 is 0 Å². The molecule has 0 atom stereocenters. The first-order chi connectivity index (χ1) is 6.77. The van der Waals surface area contributed by atoms with Crippen LogP contribution in [0.3, 0.4) is 0 Å². The molecular weight excluding hydrogens is 176 g/mol. The van der Waals surface area contributed by atoms with Gasteiger partial charge in [-0.25, -0.2) is 0 Å². The van der Waals surface area contributed by atoms with Crippen LogP contribution in [0.1, 0.15) is 5.56 Å². The zero-order chi connectivity index (χ0) is 10.4. The number of carbonyl (C=O) groups is 2. The van der Waals surface area contributed by atoms with Crippen molar-refractivity contribution in [2.24, 2.45) is 0 Å². The molecule has 0 bridgehead atoms. The van der Waals surface area contributed by atoms with E-state index >= 15 is 0 Å². The Hall–Kier alpha value is -1.96. The van der Waals surface area contributed by atoms with E-state index in [2.05, 4.69) is 6.58 Å². The first-order valence-electron chi connectivity index (χ1n) is 4.16. The van der Waals surface area contributed by atoms with Crippen LogP contribution in [0.5, 0.6) is 0 Å². The van der Waals surface area contributed by atoms with Crippen molar-refractivity contribution in [3.05, 3.63) is 54.1 Å². The number of ketones is 1. The summed E-state index contributed by atoms with van der Waals surface area (Å²) in [5.74, 6) is -0.358. The van der Waals surface area contributed by atoms with Crippen LogP contribution < -0.4 is 0 Å². The molecule has 70 valence electrons. The number of aldehydes is 1. The normalized spacial score (nSPS) is 10.7. The Morgan fingerprint density at radius 2 is 1.86 bits per heavy atom. The van der Waals surface area contributed by atoms with Crippen LogP contribution in [-0.2, 0) is 9.59 Å². The van der Waals surface area contributed by atoms with E-state index in [1.54, 1.807) is 0 Å². The van der Waals surface area contributed by atoms with Gasteiger partial charge in [-0.1, -0.05) is 36.9 Å². The molecule has 1 aromatic rings. The van der Waals surface area contributed by atoms with E-state index in [1.807, 2.05) is 30.3 Å². The lowest BCUT2D eigenvalue weighted by Gasteiger charge is -1.94. The summed E-state index contributed by atoms with van der Waals surface area (Å²) in [5, 5.41) is 0. The molecule has 1 aromatic carbocycles. The summed E-state index contributed by atoms with van der Waals surface area (Å²) >= 11 is 0. The van der Waals surface area contributed by atoms with Crippen LogP contribution in [0.15, 0.2) is 48.6 Å². The summed E-state index contributed by atoms with van der Waals surface area (Å²) in [5.41, 5.74) is 0.941. The molecule has 2 nitrogen and oxygen atoms in total. The van der Waals surface area contributed by atoms with Gasteiger partial charge < -0.3 is 0 Å². The van der Waals surface area contributed by atoms with Crippen molar-refractivity contribution in [1.82, 2.24) is 0 Å². The highest BCUT2D eigenvalue weighted by Gasteiger charge is 2.02. The molecule has 0 fully saturated rings. The highest BCUT2D eigenvalue weighted by Crippen LogP contribution is 2.05. The summed E-state index contributed by atoms with van der Waals surface area (Å²) in [6.45, 7) is 3.32. The lowest BCUT2D eigenvalue weighted by Crippen LogP contribution is -1.98. The standard InChI is InChI=1S/C12H10O2/c1-2-12(14)11(9-13)8-10-6-4-3-5-7-10/h2-9H,1H2. The van der Waals surface area contributed by atoms with Crippen molar-refractivity contribution in [1.29, 1.82) is 0 Å². The molecule has 0 saturated heterocycles. The third-order valence-corrected chi connectivity index (χ3v) is 1.72. The number of rotatable bonds is 4. The van der Waals surface area contributed by atoms with Crippen molar-refractivity contribution >= 4 is 18.1 Å². The minimum absolute atomic E-state index is 0.117. The van der Waals surface area contributed by atoms with Crippen molar-refractivity contribution in [2.45, 2.75) is 0 Å². The molecule has 0 spiro atoms. The molecule has 0 aromatic heterocycles. The predicted octanol–water partition coefficient (Wildman–Crippen LogP) is 2.02. The zero-order valence-electron chi connectivity index (χ0n) is 7.64. The monoisotopic (exact) mass is 186 g/mol. The second kappa shape index (κ2) is 4.92. The Bertz CT molecular complexity index is 375. The largest absolute Gasteiger partial charge is 0.298 e. The van der Waals surface area contributed by atoms with Crippen LogP contribution in [0.4, 0.5) is 0 Å². The van der Waals surface area contributed by atoms with Gasteiger partial charge in [0.05, 0.1) is 5.57 Å². The van der Waals surface area contributed by atoms with Crippen LogP contribution >= 0.6 is 0 Å². The van der Waals surface area contributed by atoms with Crippen LogP contribution in [0, 0.1) is 0 Å². The van der Waals surface area contributed by atoms with Gasteiger partial charge in [-0.3, -0.25) is 9.59 Å². The van der Waals surface area contributed by atoms with Gasteiger partial charge in [-0.15, -0.1) is 0 Å². The Kier molecular flexibility index (Phi) is 3.56. The van der Waals surface area contributed by atoms with E-state index in [-0.39, 0.29) is 11.4 Å². The number of allylic oxidation sites excluding steroid dienone is 2. The van der Waals surface area contributed by atoms with Gasteiger partial charge in [0.25, 0.3) is 0 Å². The highest BCUT2D eigenvalue weighted by atomic mass is 16.1. The molecule has 0 unspecified atom stereocenters. The highest BCUT2D eigenvalue weighted by molar-refractivity contribution is 6.20. The fraction of sp³-hybridized carbons (Fsp3) is 0. The van der Waals surface area contributed by atoms with Gasteiger partial charge in [0.15, 0.2) is 12.1 Å². The molecule has 1 rings (SSSR count). The number of hydrogen-bond acceptors (Lipinski definition) is 2. The Morgan fingerprint density at radius 1 is 1.21 bits per heavy atom. The van der Waals surface area contributed by atoms with Gasteiger partial charge in [0, 0.05) is 0 Å². The lowest BCUT2D eigenvalue weighted by molar-refractivity contribution is -0.113. The van der Waals surface area contributed by atoms with Gasteiger partial charge >= 0.3 is 0 Å². The molecule has 0 amide bonds. The van der Waals surface area contributed by atoms with Gasteiger partial charge in [-0.05, 0) is 17.7 Å². The first-order valence-corrected chi connectivity index (χ1v) is 4.16. The van der Waals surface area contributed by atoms with E-state index in [0.717, 1.165) is 11.6 Å². The molecule has 0 aliphatic rings. The second-order valence-corrected chi connectivity index (χ2v) is 2.70. The third-order valence-electron chi connectivity index (χ3n) is 1.72. The number of benzene rings is 1.